The van der Waals surface area contributed by atoms with Crippen molar-refractivity contribution in [1.29, 1.82) is 0 Å². The third kappa shape index (κ3) is 4.83. The van der Waals surface area contributed by atoms with E-state index in [1.165, 1.54) is 0 Å². The van der Waals surface area contributed by atoms with Crippen LogP contribution in [0.1, 0.15) is 11.5 Å². The van der Waals surface area contributed by atoms with Crippen molar-refractivity contribution >= 4 is 6.09 Å². The standard InChI is InChI=1S/C19H19N3O4/c1-24-16-9-5-8-15(12-16)18-22-21-17(26-18)10-11-20-19(23)25-13-14-6-3-2-4-7-14/h2-9,12H,10-11,13H2,1H3,(H,20,23). The van der Waals surface area contributed by atoms with E-state index in [0.29, 0.717) is 30.5 Å². The molecule has 134 valence electrons. The van der Waals surface area contributed by atoms with Gasteiger partial charge in [0.05, 0.1) is 7.11 Å². The highest BCUT2D eigenvalue weighted by Crippen LogP contribution is 2.22. The smallest absolute Gasteiger partial charge is 0.407 e. The highest BCUT2D eigenvalue weighted by Gasteiger charge is 2.10. The molecule has 0 bridgehead atoms. The first-order chi connectivity index (χ1) is 12.7. The van der Waals surface area contributed by atoms with E-state index in [0.717, 1.165) is 11.1 Å². The van der Waals surface area contributed by atoms with Gasteiger partial charge in [0.25, 0.3) is 0 Å². The largest absolute Gasteiger partial charge is 0.497 e. The van der Waals surface area contributed by atoms with Crippen molar-refractivity contribution in [2.75, 3.05) is 13.7 Å². The number of ether oxygens (including phenoxy) is 2. The second kappa shape index (κ2) is 8.66. The molecule has 0 saturated carbocycles. The Bertz CT molecular complexity index is 849. The molecule has 0 fully saturated rings. The summed E-state index contributed by atoms with van der Waals surface area (Å²) in [6, 6.07) is 16.9. The number of hydrogen-bond acceptors (Lipinski definition) is 6. The van der Waals surface area contributed by atoms with Crippen molar-refractivity contribution in [2.45, 2.75) is 13.0 Å². The van der Waals surface area contributed by atoms with Crippen molar-refractivity contribution in [2.24, 2.45) is 0 Å². The fraction of sp³-hybridized carbons (Fsp3) is 0.211. The van der Waals surface area contributed by atoms with Gasteiger partial charge in [-0.3, -0.25) is 0 Å². The molecule has 1 heterocycles. The Balaban J connectivity index is 1.45. The molecule has 0 radical (unpaired) electrons. The zero-order chi connectivity index (χ0) is 18.2. The molecule has 7 heteroatoms. The number of nitrogens with zero attached hydrogens (tertiary/aromatic N) is 2. The van der Waals surface area contributed by atoms with Crippen LogP contribution < -0.4 is 10.1 Å². The molecule has 7 nitrogen and oxygen atoms in total. The second-order valence-corrected chi connectivity index (χ2v) is 5.47. The van der Waals surface area contributed by atoms with Crippen molar-refractivity contribution in [3.05, 3.63) is 66.1 Å². The first-order valence-electron chi connectivity index (χ1n) is 8.16. The molecule has 2 aromatic carbocycles. The van der Waals surface area contributed by atoms with Gasteiger partial charge in [-0.15, -0.1) is 10.2 Å². The third-order valence-electron chi connectivity index (χ3n) is 3.60. The monoisotopic (exact) mass is 353 g/mol. The lowest BCUT2D eigenvalue weighted by Crippen LogP contribution is -2.26. The SMILES string of the molecule is COc1cccc(-c2nnc(CCNC(=O)OCc3ccccc3)o2)c1. The predicted molar refractivity (Wildman–Crippen MR) is 94.6 cm³/mol. The van der Waals surface area contributed by atoms with Gasteiger partial charge in [-0.1, -0.05) is 36.4 Å². The van der Waals surface area contributed by atoms with Crippen LogP contribution in [-0.2, 0) is 17.8 Å². The summed E-state index contributed by atoms with van der Waals surface area (Å²) in [6.45, 7) is 0.570. The summed E-state index contributed by atoms with van der Waals surface area (Å²) in [6.07, 6.45) is -0.0707. The number of carbonyl (C=O) groups is 1. The molecule has 0 atom stereocenters. The summed E-state index contributed by atoms with van der Waals surface area (Å²) in [5, 5.41) is 10.7. The molecule has 1 amide bonds. The van der Waals surface area contributed by atoms with Crippen LogP contribution in [0, 0.1) is 0 Å². The zero-order valence-electron chi connectivity index (χ0n) is 14.3. The summed E-state index contributed by atoms with van der Waals surface area (Å²) in [7, 11) is 1.60. The normalized spacial score (nSPS) is 10.3. The van der Waals surface area contributed by atoms with Crippen molar-refractivity contribution < 1.29 is 18.7 Å². The maximum atomic E-state index is 11.7. The molecule has 0 unspecified atom stereocenters. The molecule has 0 aliphatic rings. The maximum Gasteiger partial charge on any atom is 0.407 e. The van der Waals surface area contributed by atoms with Gasteiger partial charge in [-0.2, -0.15) is 0 Å². The van der Waals surface area contributed by atoms with Crippen LogP contribution in [0.5, 0.6) is 5.75 Å². The molecule has 0 saturated heterocycles. The lowest BCUT2D eigenvalue weighted by atomic mass is 10.2. The van der Waals surface area contributed by atoms with Crippen molar-refractivity contribution in [1.82, 2.24) is 15.5 Å². The molecule has 3 rings (SSSR count). The van der Waals surface area contributed by atoms with Crippen LogP contribution >= 0.6 is 0 Å². The van der Waals surface area contributed by atoms with Crippen LogP contribution in [0.3, 0.4) is 0 Å². The molecule has 0 aliphatic carbocycles. The summed E-state index contributed by atoms with van der Waals surface area (Å²) in [5.41, 5.74) is 1.71. The Morgan fingerprint density at radius 3 is 2.77 bits per heavy atom. The molecule has 1 aromatic heterocycles. The Kier molecular flexibility index (Phi) is 5.82. The Morgan fingerprint density at radius 2 is 1.96 bits per heavy atom. The van der Waals surface area contributed by atoms with E-state index in [1.807, 2.05) is 54.6 Å². The second-order valence-electron chi connectivity index (χ2n) is 5.47. The lowest BCUT2D eigenvalue weighted by Gasteiger charge is -2.05. The number of methoxy groups -OCH3 is 1. The topological polar surface area (TPSA) is 86.5 Å². The van der Waals surface area contributed by atoms with Gasteiger partial charge < -0.3 is 19.2 Å². The first-order valence-corrected chi connectivity index (χ1v) is 8.16. The van der Waals surface area contributed by atoms with Crippen LogP contribution in [0.15, 0.2) is 59.0 Å². The number of aromatic nitrogens is 2. The average molecular weight is 353 g/mol. The van der Waals surface area contributed by atoms with E-state index in [1.54, 1.807) is 7.11 Å². The zero-order valence-corrected chi connectivity index (χ0v) is 14.3. The number of carbonyl (C=O) groups excluding carboxylic acids is 1. The van der Waals surface area contributed by atoms with E-state index < -0.39 is 6.09 Å². The number of nitrogens with one attached hydrogen (secondary N) is 1. The van der Waals surface area contributed by atoms with E-state index in [9.17, 15) is 4.79 Å². The minimum atomic E-state index is -0.485. The van der Waals surface area contributed by atoms with Gasteiger partial charge in [0.1, 0.15) is 12.4 Å². The number of benzene rings is 2. The highest BCUT2D eigenvalue weighted by molar-refractivity contribution is 5.67. The Labute approximate surface area is 151 Å². The van der Waals surface area contributed by atoms with Gasteiger partial charge in [0.15, 0.2) is 0 Å². The third-order valence-corrected chi connectivity index (χ3v) is 3.60. The van der Waals surface area contributed by atoms with Gasteiger partial charge >= 0.3 is 6.09 Å². The summed E-state index contributed by atoms with van der Waals surface area (Å²) in [4.78, 5) is 11.7. The Morgan fingerprint density at radius 1 is 1.12 bits per heavy atom. The Hall–Kier alpha value is -3.35. The van der Waals surface area contributed by atoms with Crippen molar-refractivity contribution in [3.8, 4) is 17.2 Å². The molecule has 0 aliphatic heterocycles. The average Bonchev–Trinajstić information content (AvgIpc) is 3.16. The van der Waals surface area contributed by atoms with E-state index in [2.05, 4.69) is 15.5 Å². The van der Waals surface area contributed by atoms with E-state index in [-0.39, 0.29) is 6.61 Å². The van der Waals surface area contributed by atoms with Gasteiger partial charge in [-0.25, -0.2) is 4.79 Å². The molecule has 1 N–H and O–H groups in total. The summed E-state index contributed by atoms with van der Waals surface area (Å²) >= 11 is 0. The number of amides is 1. The molecule has 3 aromatic rings. The molecule has 0 spiro atoms. The van der Waals surface area contributed by atoms with Crippen LogP contribution in [0.4, 0.5) is 4.79 Å². The number of hydrogen-bond donors (Lipinski definition) is 1. The maximum absolute atomic E-state index is 11.7. The highest BCUT2D eigenvalue weighted by atomic mass is 16.5. The number of alkyl carbamates (subject to hydrolysis) is 1. The van der Waals surface area contributed by atoms with Crippen LogP contribution in [-0.4, -0.2) is 29.9 Å². The van der Waals surface area contributed by atoms with Gasteiger partial charge in [0, 0.05) is 18.5 Å². The minimum absolute atomic E-state index is 0.229. The fourth-order valence-electron chi connectivity index (χ4n) is 2.27. The predicted octanol–water partition coefficient (Wildman–Crippen LogP) is 3.21. The molecular formula is C19H19N3O4. The lowest BCUT2D eigenvalue weighted by molar-refractivity contribution is 0.139. The fourth-order valence-corrected chi connectivity index (χ4v) is 2.27. The number of rotatable bonds is 7. The summed E-state index contributed by atoms with van der Waals surface area (Å²) < 4.78 is 15.9. The van der Waals surface area contributed by atoms with E-state index >= 15 is 0 Å². The first kappa shape index (κ1) is 17.5. The van der Waals surface area contributed by atoms with Crippen molar-refractivity contribution in [3.63, 3.8) is 0 Å². The van der Waals surface area contributed by atoms with E-state index in [4.69, 9.17) is 13.9 Å². The van der Waals surface area contributed by atoms with Gasteiger partial charge in [0.2, 0.25) is 11.8 Å². The molecule has 26 heavy (non-hydrogen) atoms. The summed E-state index contributed by atoms with van der Waals surface area (Å²) in [5.74, 6) is 1.56. The quantitative estimate of drug-likeness (QED) is 0.702. The minimum Gasteiger partial charge on any atom is -0.497 e. The van der Waals surface area contributed by atoms with Crippen LogP contribution in [0.25, 0.3) is 11.5 Å². The van der Waals surface area contributed by atoms with Crippen LogP contribution in [0.2, 0.25) is 0 Å². The van der Waals surface area contributed by atoms with Gasteiger partial charge in [-0.05, 0) is 23.8 Å². The molecular weight excluding hydrogens is 334 g/mol.